The number of hydrogen-bond acceptors (Lipinski definition) is 2. The molecule has 1 aromatic carbocycles. The van der Waals surface area contributed by atoms with Crippen molar-refractivity contribution in [3.05, 3.63) is 35.9 Å². The summed E-state index contributed by atoms with van der Waals surface area (Å²) in [6, 6.07) is 12.0. The van der Waals surface area contributed by atoms with E-state index in [9.17, 15) is 0 Å². The lowest BCUT2D eigenvalue weighted by Crippen LogP contribution is -2.42. The summed E-state index contributed by atoms with van der Waals surface area (Å²) < 4.78 is 0. The molecule has 20 heavy (non-hydrogen) atoms. The fourth-order valence-electron chi connectivity index (χ4n) is 4.49. The van der Waals surface area contributed by atoms with Crippen LogP contribution >= 0.6 is 0 Å². The van der Waals surface area contributed by atoms with Gasteiger partial charge in [0.2, 0.25) is 0 Å². The van der Waals surface area contributed by atoms with Crippen molar-refractivity contribution in [2.45, 2.75) is 44.7 Å². The summed E-state index contributed by atoms with van der Waals surface area (Å²) in [5, 5.41) is 3.57. The molecule has 0 amide bonds. The Hall–Kier alpha value is -0.860. The van der Waals surface area contributed by atoms with Gasteiger partial charge in [-0.05, 0) is 43.7 Å². The molecule has 0 spiro atoms. The molecule has 1 heterocycles. The van der Waals surface area contributed by atoms with Crippen LogP contribution in [0.1, 0.15) is 44.2 Å². The van der Waals surface area contributed by atoms with E-state index in [-0.39, 0.29) is 0 Å². The molecule has 2 aliphatic rings. The van der Waals surface area contributed by atoms with Crippen LogP contribution in [0.25, 0.3) is 0 Å². The van der Waals surface area contributed by atoms with E-state index in [2.05, 4.69) is 54.5 Å². The molecule has 2 heteroatoms. The van der Waals surface area contributed by atoms with E-state index in [0.29, 0.717) is 12.1 Å². The lowest BCUT2D eigenvalue weighted by Gasteiger charge is -2.34. The summed E-state index contributed by atoms with van der Waals surface area (Å²) in [7, 11) is 2.11. The average Bonchev–Trinajstić information content (AvgIpc) is 3.06. The molecule has 1 saturated heterocycles. The number of rotatable bonds is 5. The monoisotopic (exact) mass is 272 g/mol. The van der Waals surface area contributed by atoms with E-state index >= 15 is 0 Å². The Kier molecular flexibility index (Phi) is 4.42. The maximum Gasteiger partial charge on any atom is 0.0475 e. The van der Waals surface area contributed by atoms with Crippen LogP contribution in [0.5, 0.6) is 0 Å². The van der Waals surface area contributed by atoms with Gasteiger partial charge in [-0.25, -0.2) is 0 Å². The fourth-order valence-corrected chi connectivity index (χ4v) is 4.49. The van der Waals surface area contributed by atoms with Crippen molar-refractivity contribution in [3.63, 3.8) is 0 Å². The van der Waals surface area contributed by atoms with Crippen LogP contribution in [0, 0.1) is 11.8 Å². The first-order valence-corrected chi connectivity index (χ1v) is 8.29. The van der Waals surface area contributed by atoms with Crippen molar-refractivity contribution in [2.24, 2.45) is 11.8 Å². The Bertz CT molecular complexity index is 405. The first-order valence-electron chi connectivity index (χ1n) is 8.29. The van der Waals surface area contributed by atoms with Crippen molar-refractivity contribution in [1.82, 2.24) is 10.2 Å². The molecule has 0 bridgehead atoms. The minimum atomic E-state index is 0.458. The number of benzene rings is 1. The average molecular weight is 272 g/mol. The van der Waals surface area contributed by atoms with Gasteiger partial charge in [0, 0.05) is 25.2 Å². The maximum atomic E-state index is 3.57. The highest BCUT2D eigenvalue weighted by molar-refractivity contribution is 5.21. The second-order valence-electron chi connectivity index (χ2n) is 6.56. The molecule has 2 fully saturated rings. The van der Waals surface area contributed by atoms with Gasteiger partial charge in [-0.15, -0.1) is 0 Å². The zero-order chi connectivity index (χ0) is 13.9. The second kappa shape index (κ2) is 6.28. The highest BCUT2D eigenvalue weighted by Crippen LogP contribution is 2.40. The summed E-state index contributed by atoms with van der Waals surface area (Å²) in [5.41, 5.74) is 1.43. The molecule has 4 unspecified atom stereocenters. The van der Waals surface area contributed by atoms with Gasteiger partial charge in [-0.3, -0.25) is 4.90 Å². The van der Waals surface area contributed by atoms with Gasteiger partial charge in [0.05, 0.1) is 0 Å². The van der Waals surface area contributed by atoms with Gasteiger partial charge in [0.25, 0.3) is 0 Å². The third kappa shape index (κ3) is 2.64. The van der Waals surface area contributed by atoms with Crippen LogP contribution in [0.3, 0.4) is 0 Å². The number of hydrogen-bond donors (Lipinski definition) is 1. The van der Waals surface area contributed by atoms with E-state index in [0.717, 1.165) is 11.8 Å². The standard InChI is InChI=1S/C18H28N2/c1-3-17(18(19-2)14-8-5-4-6-9-14)20-12-15-10-7-11-16(15)13-20/h4-6,8-9,15-19H,3,7,10-13H2,1-2H3. The molecule has 1 saturated carbocycles. The lowest BCUT2D eigenvalue weighted by atomic mass is 9.96. The van der Waals surface area contributed by atoms with Crippen LogP contribution in [0.2, 0.25) is 0 Å². The first kappa shape index (κ1) is 14.1. The van der Waals surface area contributed by atoms with Gasteiger partial charge in [-0.1, -0.05) is 43.7 Å². The Morgan fingerprint density at radius 1 is 1.15 bits per heavy atom. The number of likely N-dealkylation sites (tertiary alicyclic amines) is 1. The van der Waals surface area contributed by atoms with E-state index in [1.165, 1.54) is 44.3 Å². The number of fused-ring (bicyclic) bond motifs is 1. The van der Waals surface area contributed by atoms with Crippen molar-refractivity contribution >= 4 is 0 Å². The molecular formula is C18H28N2. The highest BCUT2D eigenvalue weighted by Gasteiger charge is 2.40. The van der Waals surface area contributed by atoms with E-state index in [1.54, 1.807) is 0 Å². The van der Waals surface area contributed by atoms with Crippen LogP contribution < -0.4 is 5.32 Å². The first-order chi connectivity index (χ1) is 9.83. The summed E-state index contributed by atoms with van der Waals surface area (Å²) in [5.74, 6) is 1.97. The molecule has 4 atom stereocenters. The Balaban J connectivity index is 1.75. The summed E-state index contributed by atoms with van der Waals surface area (Å²) in [6.45, 7) is 4.99. The number of nitrogens with zero attached hydrogens (tertiary/aromatic N) is 1. The van der Waals surface area contributed by atoms with Crippen LogP contribution in [-0.2, 0) is 0 Å². The molecule has 110 valence electrons. The normalized spacial score (nSPS) is 29.3. The molecule has 1 aliphatic heterocycles. The predicted molar refractivity (Wildman–Crippen MR) is 84.7 cm³/mol. The second-order valence-corrected chi connectivity index (χ2v) is 6.56. The maximum absolute atomic E-state index is 3.57. The molecule has 3 rings (SSSR count). The summed E-state index contributed by atoms with van der Waals surface area (Å²) >= 11 is 0. The SMILES string of the molecule is CCC(C(NC)c1ccccc1)N1CC2CCCC2C1. The van der Waals surface area contributed by atoms with Gasteiger partial charge in [0.1, 0.15) is 0 Å². The third-order valence-corrected chi connectivity index (χ3v) is 5.50. The van der Waals surface area contributed by atoms with Crippen LogP contribution in [0.4, 0.5) is 0 Å². The largest absolute Gasteiger partial charge is 0.312 e. The molecular weight excluding hydrogens is 244 g/mol. The zero-order valence-corrected chi connectivity index (χ0v) is 12.9. The van der Waals surface area contributed by atoms with Crippen molar-refractivity contribution in [3.8, 4) is 0 Å². The van der Waals surface area contributed by atoms with Crippen molar-refractivity contribution in [2.75, 3.05) is 20.1 Å². The fraction of sp³-hybridized carbons (Fsp3) is 0.667. The summed E-state index contributed by atoms with van der Waals surface area (Å²) in [6.07, 6.45) is 5.62. The summed E-state index contributed by atoms with van der Waals surface area (Å²) in [4.78, 5) is 2.77. The molecule has 2 nitrogen and oxygen atoms in total. The zero-order valence-electron chi connectivity index (χ0n) is 12.9. The van der Waals surface area contributed by atoms with E-state index in [4.69, 9.17) is 0 Å². The van der Waals surface area contributed by atoms with Crippen molar-refractivity contribution in [1.29, 1.82) is 0 Å². The molecule has 1 aliphatic carbocycles. The number of nitrogens with one attached hydrogen (secondary N) is 1. The van der Waals surface area contributed by atoms with Gasteiger partial charge < -0.3 is 5.32 Å². The minimum absolute atomic E-state index is 0.458. The van der Waals surface area contributed by atoms with Gasteiger partial charge in [0.15, 0.2) is 0 Å². The van der Waals surface area contributed by atoms with Gasteiger partial charge >= 0.3 is 0 Å². The smallest absolute Gasteiger partial charge is 0.0475 e. The number of likely N-dealkylation sites (N-methyl/N-ethyl adjacent to an activating group) is 1. The predicted octanol–water partition coefficient (Wildman–Crippen LogP) is 3.46. The Morgan fingerprint density at radius 2 is 1.80 bits per heavy atom. The highest BCUT2D eigenvalue weighted by atomic mass is 15.2. The lowest BCUT2D eigenvalue weighted by molar-refractivity contribution is 0.177. The van der Waals surface area contributed by atoms with E-state index in [1.807, 2.05) is 0 Å². The quantitative estimate of drug-likeness (QED) is 0.883. The molecule has 1 N–H and O–H groups in total. The Morgan fingerprint density at radius 3 is 2.35 bits per heavy atom. The minimum Gasteiger partial charge on any atom is -0.312 e. The molecule has 1 aromatic rings. The topological polar surface area (TPSA) is 15.3 Å². The van der Waals surface area contributed by atoms with Crippen molar-refractivity contribution < 1.29 is 0 Å². The molecule has 0 aromatic heterocycles. The third-order valence-electron chi connectivity index (χ3n) is 5.50. The Labute approximate surface area is 123 Å². The molecule has 0 radical (unpaired) electrons. The van der Waals surface area contributed by atoms with Gasteiger partial charge in [-0.2, -0.15) is 0 Å². The van der Waals surface area contributed by atoms with Crippen LogP contribution in [-0.4, -0.2) is 31.1 Å². The van der Waals surface area contributed by atoms with E-state index < -0.39 is 0 Å². The van der Waals surface area contributed by atoms with Crippen LogP contribution in [0.15, 0.2) is 30.3 Å².